The lowest BCUT2D eigenvalue weighted by Crippen LogP contribution is -2.61. The molecule has 0 aromatic heterocycles. The van der Waals surface area contributed by atoms with Crippen molar-refractivity contribution in [3.05, 3.63) is 47.6 Å². The number of nitrogens with zero attached hydrogens (tertiary/aromatic N) is 1. The molecule has 3 heterocycles. The number of cyclic esters (lactones) is 1. The van der Waals surface area contributed by atoms with Crippen molar-refractivity contribution in [1.82, 2.24) is 4.90 Å². The van der Waals surface area contributed by atoms with E-state index in [1.807, 2.05) is 58.1 Å². The molecule has 1 saturated carbocycles. The number of hydrogen-bond acceptors (Lipinski definition) is 12. The Kier molecular flexibility index (Phi) is 21.0. The first kappa shape index (κ1) is 54.3. The number of aliphatic hydroxyl groups excluding tert-OH is 1. The van der Waals surface area contributed by atoms with Gasteiger partial charge in [0.2, 0.25) is 5.79 Å². The Hall–Kier alpha value is -3.33. The smallest absolute Gasteiger partial charge is 0.329 e. The van der Waals surface area contributed by atoms with Crippen molar-refractivity contribution >= 4 is 29.2 Å². The second kappa shape index (κ2) is 25.2. The second-order valence-electron chi connectivity index (χ2n) is 20.0. The van der Waals surface area contributed by atoms with E-state index in [1.54, 1.807) is 41.1 Å². The van der Waals surface area contributed by atoms with Crippen LogP contribution in [0.1, 0.15) is 132 Å². The molecule has 13 heteroatoms. The van der Waals surface area contributed by atoms with Crippen LogP contribution in [0.25, 0.3) is 0 Å². The summed E-state index contributed by atoms with van der Waals surface area (Å²) in [5.74, 6) is -7.07. The van der Waals surface area contributed by atoms with Gasteiger partial charge in [0, 0.05) is 58.5 Å². The standard InChI is InChI=1S/C52H81NO12/c1-31-17-13-12-14-18-32(2)44(62-10)29-40-23-21-38(8)52(60,65-40)49(57)50(58)53-24-16-15-19-41(53)51(59)64-45(35(5)27-39-22-20-33(3)43(28-39)61-9)30-42(54)34(4)26-37(7)47(56)48(63-11)46(55)36(6)25-31/h12-14,17-18,26,31,33-36,38-41,43-45,47-48,56,60H,15-16,19-25,27-30H2,1-11H3/b14-12?,17-13+,32-18?,37-26+/t31-,33-,34-,35-,36-,38-,39+,40+,41+,43-,44+,45+,47-,48+,52-/m1/s1. The minimum absolute atomic E-state index is 0.0304. The maximum Gasteiger partial charge on any atom is 0.329 e. The molecule has 0 aromatic carbocycles. The van der Waals surface area contributed by atoms with Gasteiger partial charge in [-0.3, -0.25) is 19.2 Å². The summed E-state index contributed by atoms with van der Waals surface area (Å²) >= 11 is 0. The molecule has 13 nitrogen and oxygen atoms in total. The summed E-state index contributed by atoms with van der Waals surface area (Å²) in [6.07, 6.45) is 13.6. The van der Waals surface area contributed by atoms with Crippen LogP contribution in [0.4, 0.5) is 0 Å². The second-order valence-corrected chi connectivity index (χ2v) is 20.0. The van der Waals surface area contributed by atoms with E-state index in [2.05, 4.69) is 6.92 Å². The number of fused-ring (bicyclic) bond motifs is 3. The van der Waals surface area contributed by atoms with Crippen LogP contribution in [-0.4, -0.2) is 121 Å². The summed E-state index contributed by atoms with van der Waals surface area (Å²) < 4.78 is 29.7. The van der Waals surface area contributed by atoms with Crippen LogP contribution < -0.4 is 0 Å². The van der Waals surface area contributed by atoms with Crippen molar-refractivity contribution in [3.63, 3.8) is 0 Å². The quantitative estimate of drug-likeness (QED) is 0.153. The predicted octanol–water partition coefficient (Wildman–Crippen LogP) is 7.46. The normalized spacial score (nSPS) is 39.1. The number of Topliss-reactive ketones (excluding diaryl/α,β-unsaturated/α-hetero) is 3. The lowest BCUT2D eigenvalue weighted by atomic mass is 9.76. The summed E-state index contributed by atoms with van der Waals surface area (Å²) in [4.78, 5) is 71.9. The van der Waals surface area contributed by atoms with Crippen molar-refractivity contribution in [3.8, 4) is 0 Å². The van der Waals surface area contributed by atoms with Crippen molar-refractivity contribution in [2.24, 2.45) is 41.4 Å². The summed E-state index contributed by atoms with van der Waals surface area (Å²) in [5.41, 5.74) is 1.30. The van der Waals surface area contributed by atoms with Crippen LogP contribution in [0.3, 0.4) is 0 Å². The summed E-state index contributed by atoms with van der Waals surface area (Å²) in [5, 5.41) is 23.4. The third kappa shape index (κ3) is 14.3. The highest BCUT2D eigenvalue weighted by Gasteiger charge is 2.53. The number of carbonyl (C=O) groups excluding carboxylic acids is 5. The Morgan fingerprint density at radius 1 is 0.846 bits per heavy atom. The number of ketones is 3. The molecule has 2 N–H and O–H groups in total. The molecule has 3 fully saturated rings. The van der Waals surface area contributed by atoms with Crippen molar-refractivity contribution in [1.29, 1.82) is 0 Å². The average Bonchev–Trinajstić information content (AvgIpc) is 3.28. The van der Waals surface area contributed by atoms with Gasteiger partial charge in [-0.05, 0) is 113 Å². The van der Waals surface area contributed by atoms with E-state index in [0.717, 1.165) is 24.8 Å². The maximum atomic E-state index is 14.4. The fourth-order valence-electron chi connectivity index (χ4n) is 10.4. The zero-order valence-electron chi connectivity index (χ0n) is 41.2. The van der Waals surface area contributed by atoms with Crippen LogP contribution in [0.2, 0.25) is 0 Å². The molecular weight excluding hydrogens is 831 g/mol. The van der Waals surface area contributed by atoms with E-state index in [1.165, 1.54) is 12.0 Å². The summed E-state index contributed by atoms with van der Waals surface area (Å²) in [6.45, 7) is 15.1. The zero-order valence-corrected chi connectivity index (χ0v) is 41.2. The number of aliphatic hydroxyl groups is 2. The SMILES string of the molecule is CO[C@H]1C[C@@H]2CC[C@@H](C)[C@@](O)(O2)C(=O)C(=O)N2CCCC[C@H]2C(=O)O[C@H]([C@H](C)C[C@@H]2CC[C@@H](C)[C@H](OC)C2)CC(=O)[C@H](C)/C=C(\C)[C@@H](O)[C@@H](OC)C(=O)[C@H](C)C[C@H](C)/C=C/C=CC=C1C. The van der Waals surface area contributed by atoms with Crippen LogP contribution in [-0.2, 0) is 47.7 Å². The number of methoxy groups -OCH3 is 3. The highest BCUT2D eigenvalue weighted by atomic mass is 16.6. The summed E-state index contributed by atoms with van der Waals surface area (Å²) in [6, 6.07) is -1.11. The van der Waals surface area contributed by atoms with Crippen LogP contribution in [0.15, 0.2) is 47.6 Å². The Balaban J connectivity index is 1.70. The number of allylic oxidation sites excluding steroid dienone is 6. The van der Waals surface area contributed by atoms with Crippen molar-refractivity contribution in [2.45, 2.75) is 181 Å². The Morgan fingerprint density at radius 3 is 2.25 bits per heavy atom. The van der Waals surface area contributed by atoms with Gasteiger partial charge >= 0.3 is 5.97 Å². The molecular formula is C52H81NO12. The molecule has 4 aliphatic rings. The molecule has 0 spiro atoms. The van der Waals surface area contributed by atoms with Gasteiger partial charge in [-0.25, -0.2) is 4.79 Å². The number of carbonyl (C=O) groups is 5. The van der Waals surface area contributed by atoms with E-state index in [9.17, 15) is 34.2 Å². The highest BCUT2D eigenvalue weighted by Crippen LogP contribution is 2.38. The predicted molar refractivity (Wildman–Crippen MR) is 248 cm³/mol. The van der Waals surface area contributed by atoms with Crippen molar-refractivity contribution in [2.75, 3.05) is 27.9 Å². The van der Waals surface area contributed by atoms with Gasteiger partial charge in [0.25, 0.3) is 11.7 Å². The molecule has 1 aliphatic carbocycles. The zero-order chi connectivity index (χ0) is 48.2. The van der Waals surface area contributed by atoms with Crippen LogP contribution in [0, 0.1) is 41.4 Å². The first-order chi connectivity index (χ1) is 30.7. The summed E-state index contributed by atoms with van der Waals surface area (Å²) in [7, 11) is 4.70. The third-order valence-electron chi connectivity index (χ3n) is 14.8. The molecule has 2 saturated heterocycles. The molecule has 0 radical (unpaired) electrons. The Bertz CT molecular complexity index is 1750. The van der Waals surface area contributed by atoms with E-state index >= 15 is 0 Å². The fraction of sp³-hybridized carbons (Fsp3) is 0.750. The van der Waals surface area contributed by atoms with E-state index in [0.29, 0.717) is 56.4 Å². The Morgan fingerprint density at radius 2 is 1.57 bits per heavy atom. The fourth-order valence-corrected chi connectivity index (χ4v) is 10.4. The van der Waals surface area contributed by atoms with E-state index in [4.69, 9.17) is 23.7 Å². The van der Waals surface area contributed by atoms with Gasteiger partial charge in [0.05, 0.1) is 18.3 Å². The lowest BCUT2D eigenvalue weighted by Gasteiger charge is -2.42. The number of ether oxygens (including phenoxy) is 5. The van der Waals surface area contributed by atoms with Gasteiger partial charge in [-0.15, -0.1) is 0 Å². The van der Waals surface area contributed by atoms with Crippen LogP contribution in [0.5, 0.6) is 0 Å². The van der Waals surface area contributed by atoms with Gasteiger partial charge in [0.1, 0.15) is 30.1 Å². The van der Waals surface area contributed by atoms with Gasteiger partial charge in [-0.2, -0.15) is 0 Å². The molecule has 2 bridgehead atoms. The maximum absolute atomic E-state index is 14.4. The molecule has 3 aliphatic heterocycles. The highest BCUT2D eigenvalue weighted by molar-refractivity contribution is 6.39. The minimum Gasteiger partial charge on any atom is -0.460 e. The number of esters is 1. The van der Waals surface area contributed by atoms with Gasteiger partial charge in [0.15, 0.2) is 5.78 Å². The van der Waals surface area contributed by atoms with E-state index in [-0.39, 0.29) is 54.8 Å². The topological polar surface area (TPSA) is 175 Å². The number of piperidine rings is 1. The molecule has 4 rings (SSSR count). The van der Waals surface area contributed by atoms with Gasteiger partial charge in [-0.1, -0.05) is 78.0 Å². The lowest BCUT2D eigenvalue weighted by molar-refractivity contribution is -0.265. The molecule has 0 aromatic rings. The molecule has 65 heavy (non-hydrogen) atoms. The molecule has 1 amide bonds. The first-order valence-corrected chi connectivity index (χ1v) is 24.2. The minimum atomic E-state index is -2.41. The first-order valence-electron chi connectivity index (χ1n) is 24.2. The number of rotatable bonds is 6. The molecule has 366 valence electrons. The Labute approximate surface area is 388 Å². The van der Waals surface area contributed by atoms with Gasteiger partial charge < -0.3 is 38.8 Å². The third-order valence-corrected chi connectivity index (χ3v) is 14.8. The number of amides is 1. The monoisotopic (exact) mass is 912 g/mol. The molecule has 15 atom stereocenters. The number of hydrogen-bond donors (Lipinski definition) is 2. The largest absolute Gasteiger partial charge is 0.460 e. The van der Waals surface area contributed by atoms with Crippen LogP contribution >= 0.6 is 0 Å². The average molecular weight is 912 g/mol. The van der Waals surface area contributed by atoms with E-state index < -0.39 is 77.8 Å². The molecule has 0 unspecified atom stereocenters. The van der Waals surface area contributed by atoms with Crippen molar-refractivity contribution < 1.29 is 57.9 Å².